The van der Waals surface area contributed by atoms with Gasteiger partial charge >= 0.3 is 0 Å². The maximum Gasteiger partial charge on any atom is 0.0986 e. The van der Waals surface area contributed by atoms with Crippen molar-refractivity contribution in [2.24, 2.45) is 0 Å². The van der Waals surface area contributed by atoms with Crippen LogP contribution in [-0.2, 0) is 6.54 Å². The fourth-order valence-corrected chi connectivity index (χ4v) is 2.26. The van der Waals surface area contributed by atoms with Crippen LogP contribution in [0.5, 0.6) is 0 Å². The number of rotatable bonds is 3. The molecule has 1 unspecified atom stereocenters. The zero-order valence-electron chi connectivity index (χ0n) is 10.8. The van der Waals surface area contributed by atoms with E-state index < -0.39 is 6.10 Å². The van der Waals surface area contributed by atoms with Gasteiger partial charge in [-0.15, -0.1) is 0 Å². The van der Waals surface area contributed by atoms with Crippen LogP contribution in [0.4, 0.5) is 0 Å². The molecule has 0 fully saturated rings. The lowest BCUT2D eigenvalue weighted by atomic mass is 10.0. The maximum atomic E-state index is 10.3. The van der Waals surface area contributed by atoms with Crippen LogP contribution >= 0.6 is 0 Å². The average Bonchev–Trinajstić information content (AvgIpc) is 2.83. The standard InChI is InChI=1S/C16H16N2O/c1-12-8-9-18(17-12)11-16(19)15-7-6-13-4-2-3-5-14(13)10-15/h2-10,16,19H,11H2,1H3. The quantitative estimate of drug-likeness (QED) is 0.778. The lowest BCUT2D eigenvalue weighted by molar-refractivity contribution is 0.151. The van der Waals surface area contributed by atoms with Crippen LogP contribution in [0.3, 0.4) is 0 Å². The van der Waals surface area contributed by atoms with E-state index in [0.29, 0.717) is 6.54 Å². The van der Waals surface area contributed by atoms with Crippen LogP contribution in [0.25, 0.3) is 10.8 Å². The first-order valence-corrected chi connectivity index (χ1v) is 6.39. The normalized spacial score (nSPS) is 12.7. The molecular weight excluding hydrogens is 236 g/mol. The topological polar surface area (TPSA) is 38.0 Å². The molecule has 0 saturated carbocycles. The monoisotopic (exact) mass is 252 g/mol. The molecule has 3 nitrogen and oxygen atoms in total. The summed E-state index contributed by atoms with van der Waals surface area (Å²) in [6.45, 7) is 2.42. The Bertz CT molecular complexity index is 703. The minimum atomic E-state index is -0.538. The largest absolute Gasteiger partial charge is 0.386 e. The molecule has 3 aromatic rings. The summed E-state index contributed by atoms with van der Waals surface area (Å²) in [5.41, 5.74) is 1.89. The lowest BCUT2D eigenvalue weighted by Gasteiger charge is -2.12. The number of aryl methyl sites for hydroxylation is 1. The summed E-state index contributed by atoms with van der Waals surface area (Å²) in [6.07, 6.45) is 1.35. The molecule has 3 rings (SSSR count). The van der Waals surface area contributed by atoms with Gasteiger partial charge in [0.2, 0.25) is 0 Å². The molecule has 1 aromatic heterocycles. The Morgan fingerprint density at radius 3 is 2.63 bits per heavy atom. The fraction of sp³-hybridized carbons (Fsp3) is 0.188. The van der Waals surface area contributed by atoms with Crippen LogP contribution in [0.15, 0.2) is 54.7 Å². The van der Waals surface area contributed by atoms with Crippen molar-refractivity contribution in [1.82, 2.24) is 9.78 Å². The first-order chi connectivity index (χ1) is 9.22. The van der Waals surface area contributed by atoms with Crippen molar-refractivity contribution in [2.45, 2.75) is 19.6 Å². The number of hydrogen-bond acceptors (Lipinski definition) is 2. The molecule has 0 amide bonds. The summed E-state index contributed by atoms with van der Waals surface area (Å²) < 4.78 is 1.77. The van der Waals surface area contributed by atoms with Crippen molar-refractivity contribution in [2.75, 3.05) is 0 Å². The molecule has 0 aliphatic carbocycles. The van der Waals surface area contributed by atoms with Crippen molar-refractivity contribution in [1.29, 1.82) is 0 Å². The van der Waals surface area contributed by atoms with E-state index in [0.717, 1.165) is 16.6 Å². The third-order valence-corrected chi connectivity index (χ3v) is 3.29. The Morgan fingerprint density at radius 2 is 1.89 bits per heavy atom. The van der Waals surface area contributed by atoms with Gasteiger partial charge < -0.3 is 5.11 Å². The maximum absolute atomic E-state index is 10.3. The molecule has 0 bridgehead atoms. The van der Waals surface area contributed by atoms with Crippen molar-refractivity contribution in [3.05, 3.63) is 66.0 Å². The molecule has 19 heavy (non-hydrogen) atoms. The van der Waals surface area contributed by atoms with Crippen molar-refractivity contribution in [3.8, 4) is 0 Å². The summed E-state index contributed by atoms with van der Waals surface area (Å²) in [6, 6.07) is 16.2. The molecule has 2 aromatic carbocycles. The highest BCUT2D eigenvalue weighted by Crippen LogP contribution is 2.21. The van der Waals surface area contributed by atoms with Gasteiger partial charge in [-0.3, -0.25) is 4.68 Å². The molecular formula is C16H16N2O. The highest BCUT2D eigenvalue weighted by molar-refractivity contribution is 5.83. The third-order valence-electron chi connectivity index (χ3n) is 3.29. The van der Waals surface area contributed by atoms with Gasteiger partial charge in [-0.1, -0.05) is 36.4 Å². The second-order valence-electron chi connectivity index (χ2n) is 4.80. The summed E-state index contributed by atoms with van der Waals surface area (Å²) in [5, 5.41) is 16.9. The number of benzene rings is 2. The molecule has 1 atom stereocenters. The van der Waals surface area contributed by atoms with Gasteiger partial charge in [0.25, 0.3) is 0 Å². The fourth-order valence-electron chi connectivity index (χ4n) is 2.26. The van der Waals surface area contributed by atoms with Crippen LogP contribution in [0.2, 0.25) is 0 Å². The Hall–Kier alpha value is -2.13. The molecule has 96 valence electrons. The third kappa shape index (κ3) is 2.51. The Morgan fingerprint density at radius 1 is 1.11 bits per heavy atom. The van der Waals surface area contributed by atoms with E-state index in [9.17, 15) is 5.11 Å². The van der Waals surface area contributed by atoms with Gasteiger partial charge in [0.15, 0.2) is 0 Å². The molecule has 0 saturated heterocycles. The van der Waals surface area contributed by atoms with Crippen LogP contribution in [-0.4, -0.2) is 14.9 Å². The van der Waals surface area contributed by atoms with E-state index in [4.69, 9.17) is 0 Å². The number of nitrogens with zero attached hydrogens (tertiary/aromatic N) is 2. The van der Waals surface area contributed by atoms with Crippen molar-refractivity contribution < 1.29 is 5.11 Å². The Kier molecular flexibility index (Phi) is 3.05. The van der Waals surface area contributed by atoms with Gasteiger partial charge in [0.05, 0.1) is 18.3 Å². The first kappa shape index (κ1) is 11.9. The molecule has 0 aliphatic heterocycles. The zero-order valence-corrected chi connectivity index (χ0v) is 10.8. The van der Waals surface area contributed by atoms with Gasteiger partial charge in [-0.25, -0.2) is 0 Å². The van der Waals surface area contributed by atoms with Crippen LogP contribution in [0, 0.1) is 6.92 Å². The number of hydrogen-bond donors (Lipinski definition) is 1. The lowest BCUT2D eigenvalue weighted by Crippen LogP contribution is -2.09. The van der Waals surface area contributed by atoms with Gasteiger partial charge in [-0.2, -0.15) is 5.10 Å². The van der Waals surface area contributed by atoms with Gasteiger partial charge in [0.1, 0.15) is 0 Å². The predicted molar refractivity (Wildman–Crippen MR) is 75.9 cm³/mol. The summed E-state index contributed by atoms with van der Waals surface area (Å²) in [5.74, 6) is 0. The molecule has 3 heteroatoms. The number of aliphatic hydroxyl groups is 1. The molecule has 0 radical (unpaired) electrons. The predicted octanol–water partition coefficient (Wildman–Crippen LogP) is 3.08. The highest BCUT2D eigenvalue weighted by Gasteiger charge is 2.09. The van der Waals surface area contributed by atoms with Crippen molar-refractivity contribution in [3.63, 3.8) is 0 Å². The van der Waals surface area contributed by atoms with E-state index in [1.54, 1.807) is 4.68 Å². The smallest absolute Gasteiger partial charge is 0.0986 e. The minimum Gasteiger partial charge on any atom is -0.386 e. The summed E-state index contributed by atoms with van der Waals surface area (Å²) in [4.78, 5) is 0. The number of fused-ring (bicyclic) bond motifs is 1. The highest BCUT2D eigenvalue weighted by atomic mass is 16.3. The molecule has 1 heterocycles. The van der Waals surface area contributed by atoms with E-state index in [2.05, 4.69) is 17.2 Å². The summed E-state index contributed by atoms with van der Waals surface area (Å²) in [7, 11) is 0. The second-order valence-corrected chi connectivity index (χ2v) is 4.80. The Labute approximate surface area is 112 Å². The summed E-state index contributed by atoms with van der Waals surface area (Å²) >= 11 is 0. The number of aliphatic hydroxyl groups excluding tert-OH is 1. The van der Waals surface area contributed by atoms with E-state index in [1.165, 1.54) is 5.39 Å². The second kappa shape index (κ2) is 4.86. The van der Waals surface area contributed by atoms with E-state index in [1.807, 2.05) is 49.5 Å². The Balaban J connectivity index is 1.86. The molecule has 1 N–H and O–H groups in total. The average molecular weight is 252 g/mol. The minimum absolute atomic E-state index is 0.478. The SMILES string of the molecule is Cc1ccn(CC(O)c2ccc3ccccc3c2)n1. The van der Waals surface area contributed by atoms with Gasteiger partial charge in [0, 0.05) is 6.20 Å². The zero-order chi connectivity index (χ0) is 13.2. The number of aromatic nitrogens is 2. The van der Waals surface area contributed by atoms with Crippen molar-refractivity contribution >= 4 is 10.8 Å². The first-order valence-electron chi connectivity index (χ1n) is 6.39. The van der Waals surface area contributed by atoms with Crippen LogP contribution < -0.4 is 0 Å². The van der Waals surface area contributed by atoms with E-state index >= 15 is 0 Å². The van der Waals surface area contributed by atoms with Crippen LogP contribution in [0.1, 0.15) is 17.4 Å². The van der Waals surface area contributed by atoms with Gasteiger partial charge in [-0.05, 0) is 35.4 Å². The molecule has 0 spiro atoms. The molecule has 0 aliphatic rings. The van der Waals surface area contributed by atoms with E-state index in [-0.39, 0.29) is 0 Å².